The molecule has 0 radical (unpaired) electrons. The Morgan fingerprint density at radius 2 is 1.65 bits per heavy atom. The molecule has 0 aliphatic carbocycles. The number of aromatic nitrogens is 2. The Bertz CT molecular complexity index is 2410. The minimum Gasteiger partial charge on any atom is -0.748 e. The Morgan fingerprint density at radius 1 is 0.919 bits per heavy atom. The van der Waals surface area contributed by atoms with Crippen LogP contribution in [0.15, 0.2) is 87.9 Å². The first-order valence-electron chi connectivity index (χ1n) is 20.7. The Kier molecular flexibility index (Phi) is 16.4. The summed E-state index contributed by atoms with van der Waals surface area (Å²) in [6, 6.07) is 13.3. The van der Waals surface area contributed by atoms with Gasteiger partial charge in [-0.25, -0.2) is 13.4 Å². The molecule has 332 valence electrons. The maximum atomic E-state index is 17.3. The highest BCUT2D eigenvalue weighted by Gasteiger charge is 2.55. The lowest BCUT2D eigenvalue weighted by Gasteiger charge is -2.31. The van der Waals surface area contributed by atoms with Crippen molar-refractivity contribution in [1.82, 2.24) is 14.8 Å². The smallest absolute Gasteiger partial charge is 0.737 e. The third kappa shape index (κ3) is 12.9. The zero-order valence-electron chi connectivity index (χ0n) is 35.1. The average molecular weight is 944 g/mol. The number of fused-ring (bicyclic) bond motifs is 2. The van der Waals surface area contributed by atoms with Crippen LogP contribution >= 0.6 is 44.3 Å². The van der Waals surface area contributed by atoms with Crippen LogP contribution in [0.2, 0.25) is 0 Å². The molecule has 1 unspecified atom stereocenters. The SMILES string of the molecule is C[N+](C)(C)CCCc1cc(-c2cccs2)n2c1C=C1C(CCC(=O)NC(CS(=O)(=O)[O-])C(=O)CCCCCC(=O)CCCSSc3ccccn3)=CC(c3cccs3)=[N+]1[B-]2(F)F. The average Bonchev–Trinajstić information content (AvgIpc) is 4.04. The number of unbranched alkanes of at least 4 members (excludes halogenated alkanes) is 2. The van der Waals surface area contributed by atoms with Gasteiger partial charge in [-0.2, -0.15) is 0 Å². The summed E-state index contributed by atoms with van der Waals surface area (Å²) in [7, 11) is 4.60. The fraction of sp³-hybridized carbons (Fsp3) is 0.419. The van der Waals surface area contributed by atoms with E-state index in [9.17, 15) is 27.4 Å². The number of quaternary nitrogens is 1. The molecule has 11 nitrogen and oxygen atoms in total. The summed E-state index contributed by atoms with van der Waals surface area (Å²) in [5, 5.41) is 7.06. The van der Waals surface area contributed by atoms with Crippen molar-refractivity contribution in [2.45, 2.75) is 81.7 Å². The Labute approximate surface area is 378 Å². The van der Waals surface area contributed by atoms with Crippen molar-refractivity contribution < 1.29 is 45.0 Å². The molecule has 62 heavy (non-hydrogen) atoms. The fourth-order valence-corrected chi connectivity index (χ4v) is 11.8. The highest BCUT2D eigenvalue weighted by molar-refractivity contribution is 8.76. The van der Waals surface area contributed by atoms with Gasteiger partial charge in [-0.15, -0.1) is 22.7 Å². The number of ketones is 2. The number of hydrogen-bond donors (Lipinski definition) is 1. The second kappa shape index (κ2) is 21.3. The molecule has 6 rings (SSSR count). The van der Waals surface area contributed by atoms with Crippen molar-refractivity contribution in [3.05, 3.63) is 99.0 Å². The summed E-state index contributed by atoms with van der Waals surface area (Å²) in [5.41, 5.74) is 2.79. The Morgan fingerprint density at radius 3 is 2.32 bits per heavy atom. The first-order valence-corrected chi connectivity index (χ1v) is 26.4. The van der Waals surface area contributed by atoms with Crippen LogP contribution in [0.5, 0.6) is 0 Å². The van der Waals surface area contributed by atoms with Gasteiger partial charge in [0.15, 0.2) is 17.2 Å². The number of aryl methyl sites for hydroxylation is 1. The van der Waals surface area contributed by atoms with Crippen molar-refractivity contribution in [3.63, 3.8) is 0 Å². The number of nitrogens with one attached hydrogen (secondary N) is 1. The van der Waals surface area contributed by atoms with Gasteiger partial charge >= 0.3 is 6.97 Å². The number of carbonyl (C=O) groups excluding carboxylic acids is 3. The summed E-state index contributed by atoms with van der Waals surface area (Å²) in [6.07, 6.45) is 9.31. The van der Waals surface area contributed by atoms with Crippen LogP contribution in [0, 0.1) is 0 Å². The van der Waals surface area contributed by atoms with Gasteiger partial charge in [0.25, 0.3) is 0 Å². The van der Waals surface area contributed by atoms with E-state index < -0.39 is 40.6 Å². The molecule has 1 atom stereocenters. The molecule has 0 saturated carbocycles. The fourth-order valence-electron chi connectivity index (χ4n) is 7.66. The molecular formula is C43H52BF2N5O6S5. The monoisotopic (exact) mass is 943 g/mol. The number of thiophene rings is 2. The first kappa shape index (κ1) is 47.8. The van der Waals surface area contributed by atoms with Crippen molar-refractivity contribution >= 4 is 90.6 Å². The van der Waals surface area contributed by atoms with E-state index in [-0.39, 0.29) is 30.7 Å². The second-order valence-corrected chi connectivity index (χ2v) is 22.3. The molecule has 0 saturated heterocycles. The molecule has 0 aromatic carbocycles. The lowest BCUT2D eigenvalue weighted by Crippen LogP contribution is -2.50. The Hall–Kier alpha value is -3.72. The van der Waals surface area contributed by atoms with Gasteiger partial charge in [0.2, 0.25) is 5.91 Å². The molecule has 0 bridgehead atoms. The molecule has 4 aromatic rings. The normalized spacial score (nSPS) is 15.2. The molecule has 2 aliphatic rings. The number of halogens is 2. The second-order valence-electron chi connectivity index (χ2n) is 16.5. The number of Topliss-reactive ketones (excluding diaryl/α,β-unsaturated/α-hetero) is 2. The van der Waals surface area contributed by atoms with Crippen molar-refractivity contribution in [2.75, 3.05) is 39.2 Å². The zero-order valence-corrected chi connectivity index (χ0v) is 39.2. The minimum absolute atomic E-state index is 0.0192. The number of carbonyl (C=O) groups is 3. The van der Waals surface area contributed by atoms with E-state index in [1.807, 2.05) is 47.2 Å². The van der Waals surface area contributed by atoms with E-state index in [0.29, 0.717) is 66.1 Å². The van der Waals surface area contributed by atoms with Gasteiger partial charge in [-0.05, 0) is 89.6 Å². The first-order chi connectivity index (χ1) is 29.5. The highest BCUT2D eigenvalue weighted by Crippen LogP contribution is 2.43. The molecule has 4 aromatic heterocycles. The zero-order chi connectivity index (χ0) is 44.5. The molecule has 0 spiro atoms. The van der Waals surface area contributed by atoms with E-state index in [2.05, 4.69) is 31.4 Å². The van der Waals surface area contributed by atoms with Crippen LogP contribution in [0.25, 0.3) is 16.6 Å². The van der Waals surface area contributed by atoms with Gasteiger partial charge < -0.3 is 31.9 Å². The quantitative estimate of drug-likeness (QED) is 0.0228. The van der Waals surface area contributed by atoms with Crippen LogP contribution in [0.1, 0.15) is 80.3 Å². The largest absolute Gasteiger partial charge is 0.748 e. The molecule has 1 N–H and O–H groups in total. The predicted molar refractivity (Wildman–Crippen MR) is 248 cm³/mol. The van der Waals surface area contributed by atoms with Gasteiger partial charge in [0.05, 0.1) is 48.4 Å². The predicted octanol–water partition coefficient (Wildman–Crippen LogP) is 8.45. The van der Waals surface area contributed by atoms with E-state index in [0.717, 1.165) is 49.6 Å². The van der Waals surface area contributed by atoms with E-state index in [1.165, 1.54) is 27.2 Å². The van der Waals surface area contributed by atoms with Crippen LogP contribution in [0.4, 0.5) is 8.63 Å². The van der Waals surface area contributed by atoms with Crippen LogP contribution in [-0.4, -0.2) is 107 Å². The Balaban J connectivity index is 1.09. The topological polar surface area (TPSA) is 141 Å². The van der Waals surface area contributed by atoms with Gasteiger partial charge in [0, 0.05) is 78.0 Å². The van der Waals surface area contributed by atoms with E-state index in [1.54, 1.807) is 52.1 Å². The lowest BCUT2D eigenvalue weighted by molar-refractivity contribution is -0.870. The number of nitrogens with zero attached hydrogens (tertiary/aromatic N) is 4. The third-order valence-corrected chi connectivity index (χ3v) is 15.5. The van der Waals surface area contributed by atoms with Crippen molar-refractivity contribution in [2.24, 2.45) is 0 Å². The van der Waals surface area contributed by atoms with Crippen LogP contribution < -0.4 is 5.32 Å². The molecule has 2 aliphatic heterocycles. The van der Waals surface area contributed by atoms with Gasteiger partial charge in [0.1, 0.15) is 16.9 Å². The molecule has 6 heterocycles. The standard InChI is InChI=1S/C43H52BF2N5O6S5/c1-51(2,3)23-9-13-31-27-37(40-17-11-24-58-40)49-35(31)29-36-32(28-38(41-18-12-25-59-41)50(36)44(49,45)46)20-21-42(54)48-34(30-62(55,56)57)39(53)16-6-4-5-14-33(52)15-10-26-60-61-43-19-7-8-22-47-43/h7-8,11-12,17-19,22,24-25,27-29,34H,4-6,9-10,13-16,20-21,23,26,30H2,1-3H3,(H-,48,54,55,56,57). The number of rotatable bonds is 25. The van der Waals surface area contributed by atoms with Crippen LogP contribution in [-0.2, 0) is 30.9 Å². The highest BCUT2D eigenvalue weighted by atomic mass is 33.1. The summed E-state index contributed by atoms with van der Waals surface area (Å²) < 4.78 is 73.1. The molecule has 0 fully saturated rings. The lowest BCUT2D eigenvalue weighted by atomic mass is 9.88. The number of pyridine rings is 1. The summed E-state index contributed by atoms with van der Waals surface area (Å²) >= 11 is 2.73. The van der Waals surface area contributed by atoms with Gasteiger partial charge in [-0.1, -0.05) is 35.4 Å². The number of allylic oxidation sites excluding steroid dienone is 2. The maximum Gasteiger partial charge on any atom is 0.737 e. The molecule has 19 heteroatoms. The van der Waals surface area contributed by atoms with Gasteiger partial charge in [-0.3, -0.25) is 14.4 Å². The van der Waals surface area contributed by atoms with Crippen LogP contribution in [0.3, 0.4) is 0 Å². The number of hydrogen-bond acceptors (Lipinski definition) is 11. The van der Waals surface area contributed by atoms with Crippen molar-refractivity contribution in [1.29, 1.82) is 0 Å². The minimum atomic E-state index is -4.89. The van der Waals surface area contributed by atoms with E-state index >= 15 is 8.63 Å². The summed E-state index contributed by atoms with van der Waals surface area (Å²) in [5.74, 6) is -1.43. The van der Waals surface area contributed by atoms with Crippen molar-refractivity contribution in [3.8, 4) is 10.6 Å². The third-order valence-electron chi connectivity index (χ3n) is 10.6. The van der Waals surface area contributed by atoms with E-state index in [4.69, 9.17) is 0 Å². The molecular weight excluding hydrogens is 892 g/mol. The summed E-state index contributed by atoms with van der Waals surface area (Å²) in [6.45, 7) is -3.56. The number of amides is 1. The maximum absolute atomic E-state index is 17.3. The molecule has 1 amide bonds. The summed E-state index contributed by atoms with van der Waals surface area (Å²) in [4.78, 5) is 44.6.